The Hall–Kier alpha value is -2.60. The van der Waals surface area contributed by atoms with Gasteiger partial charge in [0, 0.05) is 18.4 Å². The topological polar surface area (TPSA) is 54.4 Å². The predicted octanol–water partition coefficient (Wildman–Crippen LogP) is 7.14. The molecule has 2 atom stereocenters. The van der Waals surface area contributed by atoms with Gasteiger partial charge in [-0.25, -0.2) is 4.79 Å². The van der Waals surface area contributed by atoms with Gasteiger partial charge in [-0.05, 0) is 47.8 Å². The molecule has 1 aromatic carbocycles. The molecule has 0 heterocycles. The van der Waals surface area contributed by atoms with E-state index in [1.165, 1.54) is 24.3 Å². The number of benzene rings is 1. The van der Waals surface area contributed by atoms with Crippen LogP contribution in [0.3, 0.4) is 0 Å². The summed E-state index contributed by atoms with van der Waals surface area (Å²) in [5, 5.41) is 8.42. The second-order valence-corrected chi connectivity index (χ2v) is 7.38. The highest BCUT2D eigenvalue weighted by atomic mass is 35.5. The van der Waals surface area contributed by atoms with E-state index >= 15 is 0 Å². The lowest BCUT2D eigenvalue weighted by Gasteiger charge is -2.25. The van der Waals surface area contributed by atoms with Crippen molar-refractivity contribution in [1.82, 2.24) is 0 Å². The molecule has 0 saturated carbocycles. The second kappa shape index (κ2) is 11.7. The minimum Gasteiger partial charge on any atom is -0.478 e. The Bertz CT molecular complexity index is 924. The van der Waals surface area contributed by atoms with Gasteiger partial charge >= 0.3 is 12.1 Å². The Kier molecular flexibility index (Phi) is 9.98. The van der Waals surface area contributed by atoms with Crippen LogP contribution >= 0.6 is 11.6 Å². The zero-order valence-electron chi connectivity index (χ0n) is 17.8. The first-order valence-electron chi connectivity index (χ1n) is 9.86. The maximum atomic E-state index is 13.0. The summed E-state index contributed by atoms with van der Waals surface area (Å²) in [4.78, 5) is 22.7. The van der Waals surface area contributed by atoms with Crippen LogP contribution in [0.5, 0.6) is 0 Å². The van der Waals surface area contributed by atoms with Crippen LogP contribution in [0.2, 0.25) is 5.02 Å². The zero-order valence-corrected chi connectivity index (χ0v) is 18.6. The molecular weight excluding hydrogens is 429 g/mol. The number of carboxylic acid groups (broad SMARTS) is 1. The van der Waals surface area contributed by atoms with Crippen molar-refractivity contribution in [2.24, 2.45) is 11.8 Å². The highest BCUT2D eigenvalue weighted by Crippen LogP contribution is 2.36. The first-order chi connectivity index (χ1) is 14.5. The van der Waals surface area contributed by atoms with Crippen LogP contribution in [0.25, 0.3) is 6.08 Å². The third kappa shape index (κ3) is 8.21. The molecule has 7 heteroatoms. The molecule has 0 fully saturated rings. The van der Waals surface area contributed by atoms with Gasteiger partial charge in [-0.15, -0.1) is 0 Å². The third-order valence-electron chi connectivity index (χ3n) is 4.53. The van der Waals surface area contributed by atoms with E-state index in [0.717, 1.165) is 12.1 Å². The van der Waals surface area contributed by atoms with E-state index in [0.29, 0.717) is 23.1 Å². The normalized spacial score (nSPS) is 19.9. The summed E-state index contributed by atoms with van der Waals surface area (Å²) in [5.41, 5.74) is 0.571. The van der Waals surface area contributed by atoms with Crippen molar-refractivity contribution in [3.05, 3.63) is 75.9 Å². The summed E-state index contributed by atoms with van der Waals surface area (Å²) in [7, 11) is 0. The maximum Gasteiger partial charge on any atom is 0.417 e. The van der Waals surface area contributed by atoms with Crippen LogP contribution in [0.4, 0.5) is 13.2 Å². The summed E-state index contributed by atoms with van der Waals surface area (Å²) in [6, 6.07) is 3.61. The Morgan fingerprint density at radius 2 is 1.87 bits per heavy atom. The first-order valence-corrected chi connectivity index (χ1v) is 10.2. The smallest absolute Gasteiger partial charge is 0.417 e. The van der Waals surface area contributed by atoms with Crippen LogP contribution in [0.1, 0.15) is 45.2 Å². The highest BCUT2D eigenvalue weighted by molar-refractivity contribution is 6.31. The number of carbonyl (C=O) groups excluding carboxylic acids is 1. The fourth-order valence-corrected chi connectivity index (χ4v) is 3.35. The Balaban J connectivity index is 0.00000233. The number of halogens is 4. The number of alkyl halides is 3. The van der Waals surface area contributed by atoms with Gasteiger partial charge in [0.2, 0.25) is 0 Å². The first kappa shape index (κ1) is 26.4. The van der Waals surface area contributed by atoms with Crippen molar-refractivity contribution in [2.75, 3.05) is 0 Å². The molecule has 2 unspecified atom stereocenters. The average molecular weight is 455 g/mol. The summed E-state index contributed by atoms with van der Waals surface area (Å²) < 4.78 is 39.1. The van der Waals surface area contributed by atoms with Crippen molar-refractivity contribution in [2.45, 2.75) is 40.3 Å². The van der Waals surface area contributed by atoms with Gasteiger partial charge in [-0.2, -0.15) is 13.2 Å². The molecule has 1 aliphatic carbocycles. The largest absolute Gasteiger partial charge is 0.478 e. The van der Waals surface area contributed by atoms with Crippen molar-refractivity contribution in [3.63, 3.8) is 0 Å². The minimum atomic E-state index is -4.56. The summed E-state index contributed by atoms with van der Waals surface area (Å²) in [5.74, 6) is -1.32. The molecule has 3 nitrogen and oxygen atoms in total. The van der Waals surface area contributed by atoms with Crippen LogP contribution in [-0.4, -0.2) is 16.9 Å². The molecule has 0 aliphatic heterocycles. The number of hydrogen-bond acceptors (Lipinski definition) is 2. The van der Waals surface area contributed by atoms with Gasteiger partial charge in [0.25, 0.3) is 0 Å². The minimum absolute atomic E-state index is 0.0306. The number of aliphatic carboxylic acids is 1. The van der Waals surface area contributed by atoms with Crippen LogP contribution in [0, 0.1) is 11.8 Å². The second-order valence-electron chi connectivity index (χ2n) is 6.97. The molecule has 1 aliphatic rings. The molecule has 1 N–H and O–H groups in total. The van der Waals surface area contributed by atoms with E-state index in [2.05, 4.69) is 0 Å². The van der Waals surface area contributed by atoms with Crippen molar-refractivity contribution in [1.29, 1.82) is 0 Å². The quantitative estimate of drug-likeness (QED) is 0.380. The third-order valence-corrected chi connectivity index (χ3v) is 4.86. The molecule has 0 spiro atoms. The summed E-state index contributed by atoms with van der Waals surface area (Å²) >= 11 is 5.64. The average Bonchev–Trinajstić information content (AvgIpc) is 2.66. The van der Waals surface area contributed by atoms with Gasteiger partial charge in [-0.1, -0.05) is 62.7 Å². The number of hydrogen-bond donors (Lipinski definition) is 1. The lowest BCUT2D eigenvalue weighted by Crippen LogP contribution is -2.20. The molecule has 0 amide bonds. The van der Waals surface area contributed by atoms with E-state index < -0.39 is 17.7 Å². The predicted molar refractivity (Wildman–Crippen MR) is 118 cm³/mol. The van der Waals surface area contributed by atoms with Crippen molar-refractivity contribution >= 4 is 29.4 Å². The van der Waals surface area contributed by atoms with E-state index in [9.17, 15) is 22.8 Å². The van der Waals surface area contributed by atoms with Crippen LogP contribution < -0.4 is 0 Å². The molecule has 0 saturated heterocycles. The van der Waals surface area contributed by atoms with E-state index in [1.807, 2.05) is 26.8 Å². The standard InChI is InChI=1S/C22H20ClF3O3.C2H6/c1-13(9-21(28)29)3-7-18-14(2)10-17(27)12-16(18)6-4-15-5-8-20(23)19(11-15)22(24,25)26;1-2/h3-9,11-12,14,18H,10H2,1-2H3,(H,28,29);1-2H3/b6-4+,7-3+,13-9+;. The Morgan fingerprint density at radius 3 is 2.45 bits per heavy atom. The van der Waals surface area contributed by atoms with Gasteiger partial charge < -0.3 is 5.11 Å². The van der Waals surface area contributed by atoms with Gasteiger partial charge in [0.1, 0.15) is 0 Å². The Labute approximate surface area is 185 Å². The SMILES string of the molecule is CC.CC(/C=C/C1C(/C=C/c2ccc(Cl)c(C(F)(F)F)c2)=CC(=O)CC1C)=C\C(=O)O. The van der Waals surface area contributed by atoms with Crippen LogP contribution in [0.15, 0.2) is 59.7 Å². The lowest BCUT2D eigenvalue weighted by molar-refractivity contribution is -0.137. The fraction of sp³-hybridized carbons (Fsp3) is 0.333. The fourth-order valence-electron chi connectivity index (χ4n) is 3.13. The monoisotopic (exact) mass is 454 g/mol. The molecule has 31 heavy (non-hydrogen) atoms. The van der Waals surface area contributed by atoms with E-state index in [-0.39, 0.29) is 22.6 Å². The number of rotatable bonds is 5. The van der Waals surface area contributed by atoms with Gasteiger partial charge in [0.15, 0.2) is 5.78 Å². The van der Waals surface area contributed by atoms with Crippen molar-refractivity contribution in [3.8, 4) is 0 Å². The maximum absolute atomic E-state index is 13.0. The molecule has 2 rings (SSSR count). The molecule has 1 aromatic rings. The van der Waals surface area contributed by atoms with E-state index in [1.54, 1.807) is 19.1 Å². The van der Waals surface area contributed by atoms with Gasteiger partial charge in [-0.3, -0.25) is 4.79 Å². The molecule has 168 valence electrons. The highest BCUT2D eigenvalue weighted by Gasteiger charge is 2.33. The zero-order chi connectivity index (χ0) is 23.8. The summed E-state index contributed by atoms with van der Waals surface area (Å²) in [6.07, 6.45) is 4.92. The van der Waals surface area contributed by atoms with Gasteiger partial charge in [0.05, 0.1) is 10.6 Å². The van der Waals surface area contributed by atoms with Crippen molar-refractivity contribution < 1.29 is 27.9 Å². The van der Waals surface area contributed by atoms with E-state index in [4.69, 9.17) is 16.7 Å². The lowest BCUT2D eigenvalue weighted by atomic mass is 9.78. The molecule has 0 bridgehead atoms. The van der Waals surface area contributed by atoms with Crippen LogP contribution in [-0.2, 0) is 15.8 Å². The number of carbonyl (C=O) groups is 2. The Morgan fingerprint density at radius 1 is 1.23 bits per heavy atom. The number of carboxylic acids is 1. The molecular formula is C24H26ClF3O3. The summed E-state index contributed by atoms with van der Waals surface area (Å²) in [6.45, 7) is 7.54. The number of ketones is 1. The number of allylic oxidation sites excluding steroid dienone is 6. The molecule has 0 aromatic heterocycles. The molecule has 0 radical (unpaired) electrons.